The van der Waals surface area contributed by atoms with Gasteiger partial charge >= 0.3 is 0 Å². The van der Waals surface area contributed by atoms with E-state index in [1.54, 1.807) is 0 Å². The molecule has 4 nitrogen and oxygen atoms in total. The highest BCUT2D eigenvalue weighted by Crippen LogP contribution is 2.51. The Kier molecular flexibility index (Phi) is 8.54. The molecular formula is C58H38N4S2. The van der Waals surface area contributed by atoms with Crippen LogP contribution in [0.15, 0.2) is 231 Å². The van der Waals surface area contributed by atoms with E-state index in [0.717, 1.165) is 44.1 Å². The molecule has 0 saturated carbocycles. The number of hydrogen-bond acceptors (Lipinski definition) is 4. The largest absolute Gasteiger partial charge is 0.308 e. The fourth-order valence-electron chi connectivity index (χ4n) is 9.69. The molecule has 0 aliphatic heterocycles. The van der Waals surface area contributed by atoms with Gasteiger partial charge in [0.2, 0.25) is 0 Å². The van der Waals surface area contributed by atoms with Crippen LogP contribution in [0.5, 0.6) is 0 Å². The molecule has 0 amide bonds. The van der Waals surface area contributed by atoms with E-state index < -0.39 is 0 Å². The summed E-state index contributed by atoms with van der Waals surface area (Å²) in [6.07, 6.45) is 0. The average Bonchev–Trinajstić information content (AvgIpc) is 4.12. The summed E-state index contributed by atoms with van der Waals surface area (Å²) in [6.45, 7) is 0. The van der Waals surface area contributed by atoms with Gasteiger partial charge in [0, 0.05) is 44.3 Å². The zero-order valence-corrected chi connectivity index (χ0v) is 36.2. The first kappa shape index (κ1) is 36.7. The topological polar surface area (TPSA) is 16.3 Å². The van der Waals surface area contributed by atoms with Crippen LogP contribution in [0.25, 0.3) is 75.2 Å². The zero-order valence-electron chi connectivity index (χ0n) is 34.5. The normalized spacial score (nSPS) is 11.8. The number of anilines is 6. The zero-order chi connectivity index (χ0) is 42.1. The van der Waals surface area contributed by atoms with Gasteiger partial charge in [-0.1, -0.05) is 146 Å². The smallest absolute Gasteiger partial charge is 0.103 e. The van der Waals surface area contributed by atoms with E-state index in [9.17, 15) is 0 Å². The van der Waals surface area contributed by atoms with E-state index in [1.807, 2.05) is 22.7 Å². The van der Waals surface area contributed by atoms with E-state index in [-0.39, 0.29) is 0 Å². The maximum Gasteiger partial charge on any atom is 0.103 e. The number of fused-ring (bicyclic) bond motifs is 8. The molecule has 0 bridgehead atoms. The lowest BCUT2D eigenvalue weighted by atomic mass is 10.1. The minimum absolute atomic E-state index is 1.13. The third-order valence-electron chi connectivity index (χ3n) is 12.5. The second-order valence-corrected chi connectivity index (χ2v) is 18.2. The monoisotopic (exact) mass is 854 g/mol. The number of para-hydroxylation sites is 4. The van der Waals surface area contributed by atoms with Crippen molar-refractivity contribution in [2.75, 3.05) is 9.80 Å². The molecule has 0 fully saturated rings. The summed E-state index contributed by atoms with van der Waals surface area (Å²) in [6, 6.07) is 83.6. The molecular weight excluding hydrogens is 817 g/mol. The van der Waals surface area contributed by atoms with Crippen LogP contribution < -0.4 is 9.80 Å². The van der Waals surface area contributed by atoms with Gasteiger partial charge in [-0.05, 0) is 95.7 Å². The highest BCUT2D eigenvalue weighted by molar-refractivity contribution is 7.24. The van der Waals surface area contributed by atoms with Crippen LogP contribution in [0.1, 0.15) is 0 Å². The second kappa shape index (κ2) is 14.9. The van der Waals surface area contributed by atoms with Gasteiger partial charge in [-0.25, -0.2) is 0 Å². The Balaban J connectivity index is 1.09. The Morgan fingerprint density at radius 1 is 0.297 bits per heavy atom. The van der Waals surface area contributed by atoms with Crippen LogP contribution in [0, 0.1) is 0 Å². The minimum Gasteiger partial charge on any atom is -0.308 e. The lowest BCUT2D eigenvalue weighted by Gasteiger charge is -2.25. The fourth-order valence-corrected chi connectivity index (χ4v) is 12.1. The lowest BCUT2D eigenvalue weighted by Crippen LogP contribution is -2.08. The molecule has 4 aromatic heterocycles. The third kappa shape index (κ3) is 5.81. The summed E-state index contributed by atoms with van der Waals surface area (Å²) >= 11 is 3.72. The Bertz CT molecular complexity index is 3580. The predicted octanol–water partition coefficient (Wildman–Crippen LogP) is 17.2. The van der Waals surface area contributed by atoms with Crippen molar-refractivity contribution in [2.24, 2.45) is 0 Å². The molecule has 0 atom stereocenters. The van der Waals surface area contributed by atoms with Gasteiger partial charge < -0.3 is 18.9 Å². The molecule has 13 rings (SSSR count). The first-order chi connectivity index (χ1) is 31.8. The van der Waals surface area contributed by atoms with Crippen molar-refractivity contribution < 1.29 is 0 Å². The predicted molar refractivity (Wildman–Crippen MR) is 275 cm³/mol. The molecule has 302 valence electrons. The second-order valence-electron chi connectivity index (χ2n) is 16.2. The molecule has 0 saturated heterocycles. The lowest BCUT2D eigenvalue weighted by molar-refractivity contribution is 1.17. The maximum absolute atomic E-state index is 2.48. The van der Waals surface area contributed by atoms with E-state index in [0.29, 0.717) is 0 Å². The molecule has 0 unspecified atom stereocenters. The molecule has 6 heteroatoms. The third-order valence-corrected chi connectivity index (χ3v) is 14.8. The SMILES string of the molecule is c1ccc(N(c2cc3c(s2)c2cc4c(cc2n3-c2ccccc2)c2sc(N(c3ccccc3)c3cccc5ccccc35)cc2n4-c2ccccc2)c2cccc3ccccc23)cc1. The molecule has 0 N–H and O–H groups in total. The number of nitrogens with zero attached hydrogens (tertiary/aromatic N) is 4. The van der Waals surface area contributed by atoms with Crippen LogP contribution in [0.4, 0.5) is 32.8 Å². The average molecular weight is 855 g/mol. The Labute approximate surface area is 378 Å². The Hall–Kier alpha value is -7.90. The van der Waals surface area contributed by atoms with Crippen molar-refractivity contribution in [2.45, 2.75) is 0 Å². The van der Waals surface area contributed by atoms with E-state index in [2.05, 4.69) is 249 Å². The van der Waals surface area contributed by atoms with E-state index >= 15 is 0 Å². The summed E-state index contributed by atoms with van der Waals surface area (Å²) in [5.41, 5.74) is 11.6. The molecule has 64 heavy (non-hydrogen) atoms. The van der Waals surface area contributed by atoms with Gasteiger partial charge in [0.25, 0.3) is 0 Å². The molecule has 9 aromatic carbocycles. The maximum atomic E-state index is 2.48. The van der Waals surface area contributed by atoms with Gasteiger partial charge in [-0.15, -0.1) is 22.7 Å². The standard InChI is InChI=1S/C58H38N4S2/c1-5-23-41(24-6-1)59-51-35-48-52(36-47(51)57-53(59)37-55(63-57)61(43-27-9-3-10-28-43)49-33-17-21-39-19-13-15-31-45(39)49)60(42-25-7-2-8-26-42)54-38-56(64-58(48)54)62(44-29-11-4-12-30-44)50-34-18-22-40-20-14-16-32-46(40)50/h1-38H. The van der Waals surface area contributed by atoms with Crippen molar-refractivity contribution in [3.8, 4) is 11.4 Å². The number of benzene rings is 9. The van der Waals surface area contributed by atoms with Gasteiger partial charge in [0.05, 0.1) is 42.8 Å². The number of rotatable bonds is 8. The van der Waals surface area contributed by atoms with Gasteiger partial charge in [0.15, 0.2) is 0 Å². The molecule has 0 aliphatic carbocycles. The van der Waals surface area contributed by atoms with Crippen molar-refractivity contribution in [3.63, 3.8) is 0 Å². The van der Waals surface area contributed by atoms with E-state index in [1.165, 1.54) is 63.8 Å². The summed E-state index contributed by atoms with van der Waals surface area (Å²) in [4.78, 5) is 4.87. The molecule has 13 aromatic rings. The van der Waals surface area contributed by atoms with Crippen LogP contribution in [-0.4, -0.2) is 9.13 Å². The number of aromatic nitrogens is 2. The molecule has 0 spiro atoms. The van der Waals surface area contributed by atoms with Crippen molar-refractivity contribution in [1.29, 1.82) is 0 Å². The van der Waals surface area contributed by atoms with Gasteiger partial charge in [-0.2, -0.15) is 0 Å². The van der Waals surface area contributed by atoms with Crippen LogP contribution >= 0.6 is 22.7 Å². The molecule has 0 aliphatic rings. The molecule has 0 radical (unpaired) electrons. The first-order valence-corrected chi connectivity index (χ1v) is 23.2. The Morgan fingerprint density at radius 3 is 1.08 bits per heavy atom. The molecule has 4 heterocycles. The van der Waals surface area contributed by atoms with Gasteiger partial charge in [0.1, 0.15) is 10.0 Å². The Morgan fingerprint density at radius 2 is 0.656 bits per heavy atom. The first-order valence-electron chi connectivity index (χ1n) is 21.6. The number of hydrogen-bond donors (Lipinski definition) is 0. The van der Waals surface area contributed by atoms with Crippen LogP contribution in [-0.2, 0) is 0 Å². The fraction of sp³-hybridized carbons (Fsp3) is 0. The summed E-state index contributed by atoms with van der Waals surface area (Å²) in [5, 5.41) is 9.67. The van der Waals surface area contributed by atoms with E-state index in [4.69, 9.17) is 0 Å². The van der Waals surface area contributed by atoms with Crippen LogP contribution in [0.3, 0.4) is 0 Å². The highest BCUT2D eigenvalue weighted by atomic mass is 32.1. The van der Waals surface area contributed by atoms with Crippen molar-refractivity contribution in [1.82, 2.24) is 9.13 Å². The quantitative estimate of drug-likeness (QED) is 0.151. The number of thiophene rings is 2. The summed E-state index contributed by atoms with van der Waals surface area (Å²) < 4.78 is 7.47. The van der Waals surface area contributed by atoms with Crippen LogP contribution in [0.2, 0.25) is 0 Å². The van der Waals surface area contributed by atoms with Crippen molar-refractivity contribution >= 4 is 119 Å². The summed E-state index contributed by atoms with van der Waals surface area (Å²) in [5.74, 6) is 0. The van der Waals surface area contributed by atoms with Gasteiger partial charge in [-0.3, -0.25) is 0 Å². The minimum atomic E-state index is 1.13. The highest BCUT2D eigenvalue weighted by Gasteiger charge is 2.26. The van der Waals surface area contributed by atoms with Crippen molar-refractivity contribution in [3.05, 3.63) is 231 Å². The summed E-state index contributed by atoms with van der Waals surface area (Å²) in [7, 11) is 0.